The SMILES string of the molecule is CCCC[C@H](N)N1CCC(c2ccccc2OC)C1. The van der Waals surface area contributed by atoms with E-state index in [2.05, 4.69) is 30.0 Å². The van der Waals surface area contributed by atoms with E-state index in [9.17, 15) is 0 Å². The molecule has 3 nitrogen and oxygen atoms in total. The first-order valence-corrected chi connectivity index (χ1v) is 7.38. The maximum Gasteiger partial charge on any atom is 0.122 e. The molecule has 106 valence electrons. The topological polar surface area (TPSA) is 38.5 Å². The summed E-state index contributed by atoms with van der Waals surface area (Å²) in [6, 6.07) is 8.36. The molecule has 2 rings (SSSR count). The van der Waals surface area contributed by atoms with Crippen molar-refractivity contribution in [1.29, 1.82) is 0 Å². The Bertz CT molecular complexity index is 394. The van der Waals surface area contributed by atoms with Crippen molar-refractivity contribution in [2.45, 2.75) is 44.7 Å². The standard InChI is InChI=1S/C16H26N2O/c1-3-4-9-16(17)18-11-10-13(12-18)14-7-5-6-8-15(14)19-2/h5-8,13,16H,3-4,9-12,17H2,1-2H3/t13?,16-/m1/s1. The van der Waals surface area contributed by atoms with Crippen LogP contribution in [0, 0.1) is 0 Å². The van der Waals surface area contributed by atoms with Gasteiger partial charge in [-0.1, -0.05) is 38.0 Å². The lowest BCUT2D eigenvalue weighted by Gasteiger charge is -2.24. The van der Waals surface area contributed by atoms with Gasteiger partial charge in [-0.3, -0.25) is 4.90 Å². The van der Waals surface area contributed by atoms with E-state index in [0.717, 1.165) is 25.3 Å². The van der Waals surface area contributed by atoms with E-state index in [0.29, 0.717) is 5.92 Å². The molecule has 1 aliphatic heterocycles. The fourth-order valence-electron chi connectivity index (χ4n) is 2.94. The molecule has 0 radical (unpaired) electrons. The van der Waals surface area contributed by atoms with Gasteiger partial charge >= 0.3 is 0 Å². The number of rotatable bonds is 6. The first kappa shape index (κ1) is 14.4. The number of likely N-dealkylation sites (tertiary alicyclic amines) is 1. The van der Waals surface area contributed by atoms with Gasteiger partial charge in [-0.15, -0.1) is 0 Å². The van der Waals surface area contributed by atoms with Gasteiger partial charge in [0.15, 0.2) is 0 Å². The molecule has 0 saturated carbocycles. The molecule has 2 N–H and O–H groups in total. The summed E-state index contributed by atoms with van der Waals surface area (Å²) in [7, 11) is 1.75. The maximum absolute atomic E-state index is 6.27. The van der Waals surface area contributed by atoms with Crippen LogP contribution in [-0.4, -0.2) is 31.3 Å². The molecular weight excluding hydrogens is 236 g/mol. The summed E-state index contributed by atoms with van der Waals surface area (Å²) in [4.78, 5) is 2.42. The second-order valence-electron chi connectivity index (χ2n) is 5.43. The highest BCUT2D eigenvalue weighted by Crippen LogP contribution is 2.33. The molecule has 0 bridgehead atoms. The Labute approximate surface area is 116 Å². The highest BCUT2D eigenvalue weighted by atomic mass is 16.5. The molecule has 3 heteroatoms. The third-order valence-corrected chi connectivity index (χ3v) is 4.12. The van der Waals surface area contributed by atoms with E-state index in [1.807, 2.05) is 6.07 Å². The molecule has 1 fully saturated rings. The minimum atomic E-state index is 0.222. The Balaban J connectivity index is 1.97. The van der Waals surface area contributed by atoms with Gasteiger partial charge in [0.2, 0.25) is 0 Å². The average molecular weight is 262 g/mol. The number of nitrogens with zero attached hydrogens (tertiary/aromatic N) is 1. The van der Waals surface area contributed by atoms with Crippen LogP contribution in [0.2, 0.25) is 0 Å². The number of benzene rings is 1. The molecule has 19 heavy (non-hydrogen) atoms. The predicted octanol–water partition coefficient (Wildman–Crippen LogP) is 2.96. The molecular formula is C16H26N2O. The summed E-state index contributed by atoms with van der Waals surface area (Å²) >= 11 is 0. The Hall–Kier alpha value is -1.06. The number of methoxy groups -OCH3 is 1. The van der Waals surface area contributed by atoms with Crippen LogP contribution < -0.4 is 10.5 Å². The fourth-order valence-corrected chi connectivity index (χ4v) is 2.94. The molecule has 0 aliphatic carbocycles. The Kier molecular flexibility index (Phi) is 5.23. The first-order chi connectivity index (χ1) is 9.26. The minimum Gasteiger partial charge on any atom is -0.496 e. The van der Waals surface area contributed by atoms with Gasteiger partial charge in [0.05, 0.1) is 13.3 Å². The summed E-state index contributed by atoms with van der Waals surface area (Å²) in [6.07, 6.45) is 4.95. The Morgan fingerprint density at radius 3 is 2.95 bits per heavy atom. The summed E-state index contributed by atoms with van der Waals surface area (Å²) in [5.74, 6) is 1.57. The van der Waals surface area contributed by atoms with Crippen LogP contribution in [-0.2, 0) is 0 Å². The Morgan fingerprint density at radius 2 is 2.21 bits per heavy atom. The van der Waals surface area contributed by atoms with E-state index < -0.39 is 0 Å². The monoisotopic (exact) mass is 262 g/mol. The van der Waals surface area contributed by atoms with Crippen LogP contribution in [0.15, 0.2) is 24.3 Å². The number of ether oxygens (including phenoxy) is 1. The fraction of sp³-hybridized carbons (Fsp3) is 0.625. The van der Waals surface area contributed by atoms with E-state index in [4.69, 9.17) is 10.5 Å². The molecule has 2 atom stereocenters. The first-order valence-electron chi connectivity index (χ1n) is 7.38. The van der Waals surface area contributed by atoms with Crippen molar-refractivity contribution < 1.29 is 4.74 Å². The van der Waals surface area contributed by atoms with E-state index >= 15 is 0 Å². The second kappa shape index (κ2) is 6.92. The van der Waals surface area contributed by atoms with Gasteiger partial charge in [-0.05, 0) is 24.5 Å². The molecule has 0 aromatic heterocycles. The molecule has 1 aliphatic rings. The molecule has 1 heterocycles. The lowest BCUT2D eigenvalue weighted by Crippen LogP contribution is -2.40. The quantitative estimate of drug-likeness (QED) is 0.856. The van der Waals surface area contributed by atoms with E-state index in [1.54, 1.807) is 7.11 Å². The Morgan fingerprint density at radius 1 is 1.42 bits per heavy atom. The molecule has 1 aromatic carbocycles. The van der Waals surface area contributed by atoms with Gasteiger partial charge in [0, 0.05) is 19.0 Å². The summed E-state index contributed by atoms with van der Waals surface area (Å²) < 4.78 is 5.47. The van der Waals surface area contributed by atoms with E-state index in [-0.39, 0.29) is 6.17 Å². The molecule has 1 unspecified atom stereocenters. The zero-order valence-electron chi connectivity index (χ0n) is 12.1. The summed E-state index contributed by atoms with van der Waals surface area (Å²) in [6.45, 7) is 4.38. The van der Waals surface area contributed by atoms with Crippen molar-refractivity contribution in [3.8, 4) is 5.75 Å². The zero-order valence-corrected chi connectivity index (χ0v) is 12.1. The van der Waals surface area contributed by atoms with Crippen molar-refractivity contribution >= 4 is 0 Å². The minimum absolute atomic E-state index is 0.222. The van der Waals surface area contributed by atoms with Gasteiger partial charge in [-0.2, -0.15) is 0 Å². The number of unbranched alkanes of at least 4 members (excludes halogenated alkanes) is 1. The molecule has 1 aromatic rings. The zero-order chi connectivity index (χ0) is 13.7. The number of hydrogen-bond donors (Lipinski definition) is 1. The van der Waals surface area contributed by atoms with Crippen molar-refractivity contribution in [3.05, 3.63) is 29.8 Å². The van der Waals surface area contributed by atoms with Crippen LogP contribution in [0.4, 0.5) is 0 Å². The van der Waals surface area contributed by atoms with Gasteiger partial charge < -0.3 is 10.5 Å². The normalized spacial score (nSPS) is 21.5. The molecule has 0 spiro atoms. The van der Waals surface area contributed by atoms with Crippen molar-refractivity contribution in [1.82, 2.24) is 4.90 Å². The smallest absolute Gasteiger partial charge is 0.122 e. The molecule has 0 amide bonds. The van der Waals surface area contributed by atoms with Gasteiger partial charge in [0.1, 0.15) is 5.75 Å². The third kappa shape index (κ3) is 3.48. The maximum atomic E-state index is 6.27. The number of nitrogens with two attached hydrogens (primary N) is 1. The van der Waals surface area contributed by atoms with Gasteiger partial charge in [-0.25, -0.2) is 0 Å². The lowest BCUT2D eigenvalue weighted by molar-refractivity contribution is 0.229. The number of hydrogen-bond acceptors (Lipinski definition) is 3. The lowest BCUT2D eigenvalue weighted by atomic mass is 9.97. The third-order valence-electron chi connectivity index (χ3n) is 4.12. The van der Waals surface area contributed by atoms with Crippen LogP contribution >= 0.6 is 0 Å². The van der Waals surface area contributed by atoms with Crippen LogP contribution in [0.25, 0.3) is 0 Å². The van der Waals surface area contributed by atoms with Crippen LogP contribution in [0.5, 0.6) is 5.75 Å². The van der Waals surface area contributed by atoms with Crippen LogP contribution in [0.3, 0.4) is 0 Å². The predicted molar refractivity (Wildman–Crippen MR) is 79.4 cm³/mol. The van der Waals surface area contributed by atoms with Crippen molar-refractivity contribution in [2.24, 2.45) is 5.73 Å². The highest BCUT2D eigenvalue weighted by Gasteiger charge is 2.28. The second-order valence-corrected chi connectivity index (χ2v) is 5.43. The molecule has 1 saturated heterocycles. The van der Waals surface area contributed by atoms with E-state index in [1.165, 1.54) is 24.8 Å². The number of para-hydroxylation sites is 1. The van der Waals surface area contributed by atoms with Crippen LogP contribution in [0.1, 0.15) is 44.1 Å². The summed E-state index contributed by atoms with van der Waals surface area (Å²) in [5.41, 5.74) is 7.60. The summed E-state index contributed by atoms with van der Waals surface area (Å²) in [5, 5.41) is 0. The van der Waals surface area contributed by atoms with Crippen molar-refractivity contribution in [3.63, 3.8) is 0 Å². The average Bonchev–Trinajstić information content (AvgIpc) is 2.94. The largest absolute Gasteiger partial charge is 0.496 e. The highest BCUT2D eigenvalue weighted by molar-refractivity contribution is 5.37. The van der Waals surface area contributed by atoms with Gasteiger partial charge in [0.25, 0.3) is 0 Å². The van der Waals surface area contributed by atoms with Crippen molar-refractivity contribution in [2.75, 3.05) is 20.2 Å².